The molecule has 1 saturated carbocycles. The maximum absolute atomic E-state index is 12.6. The number of carbonyl (C=O) groups excluding carboxylic acids is 1. The molecule has 8 heteroatoms. The Labute approximate surface area is 193 Å². The van der Waals surface area contributed by atoms with Gasteiger partial charge in [0.15, 0.2) is 5.96 Å². The van der Waals surface area contributed by atoms with E-state index in [1.807, 2.05) is 0 Å². The van der Waals surface area contributed by atoms with E-state index in [0.29, 0.717) is 17.7 Å². The summed E-state index contributed by atoms with van der Waals surface area (Å²) in [4.78, 5) is 24.3. The molecular weight excluding hydrogens is 481 g/mol. The Morgan fingerprint density at radius 2 is 1.79 bits per heavy atom. The molecule has 7 nitrogen and oxygen atoms in total. The number of methoxy groups -OCH3 is 1. The topological polar surface area (TPSA) is 60.4 Å². The van der Waals surface area contributed by atoms with Crippen molar-refractivity contribution in [3.05, 3.63) is 0 Å². The van der Waals surface area contributed by atoms with Gasteiger partial charge in [-0.3, -0.25) is 14.7 Å². The largest absolute Gasteiger partial charge is 0.384 e. The zero-order valence-corrected chi connectivity index (χ0v) is 20.6. The van der Waals surface area contributed by atoms with E-state index in [2.05, 4.69) is 26.9 Å². The molecule has 1 atom stereocenters. The molecule has 1 N–H and O–H groups in total. The van der Waals surface area contributed by atoms with E-state index in [-0.39, 0.29) is 24.0 Å². The van der Waals surface area contributed by atoms with E-state index in [0.717, 1.165) is 84.3 Å². The number of halogens is 1. The molecule has 0 spiro atoms. The SMILES string of the molecule is CCNC(=NCCN1CCN(C(=O)C2CCCC2)CC1)N1CCC(COC)C1.I. The van der Waals surface area contributed by atoms with E-state index >= 15 is 0 Å². The number of likely N-dealkylation sites (tertiary alicyclic amines) is 1. The third kappa shape index (κ3) is 7.24. The van der Waals surface area contributed by atoms with Gasteiger partial charge in [-0.05, 0) is 26.2 Å². The molecule has 0 bridgehead atoms. The van der Waals surface area contributed by atoms with Gasteiger partial charge in [0.05, 0.1) is 13.2 Å². The summed E-state index contributed by atoms with van der Waals surface area (Å²) in [7, 11) is 1.78. The first-order valence-corrected chi connectivity index (χ1v) is 11.2. The molecule has 1 unspecified atom stereocenters. The van der Waals surface area contributed by atoms with Crippen molar-refractivity contribution >= 4 is 35.8 Å². The van der Waals surface area contributed by atoms with Crippen molar-refractivity contribution in [2.24, 2.45) is 16.8 Å². The molecule has 1 amide bonds. The second-order valence-corrected chi connectivity index (χ2v) is 8.44. The summed E-state index contributed by atoms with van der Waals surface area (Å²) in [5.74, 6) is 2.36. The van der Waals surface area contributed by atoms with Crippen LogP contribution in [0.4, 0.5) is 0 Å². The Bertz CT molecular complexity index is 519. The minimum atomic E-state index is 0. The molecule has 3 fully saturated rings. The minimum absolute atomic E-state index is 0. The number of nitrogens with zero attached hydrogens (tertiary/aromatic N) is 4. The van der Waals surface area contributed by atoms with Crippen LogP contribution in [-0.4, -0.2) is 99.2 Å². The lowest BCUT2D eigenvalue weighted by atomic mass is 10.1. The lowest BCUT2D eigenvalue weighted by Crippen LogP contribution is -2.50. The molecule has 2 aliphatic heterocycles. The summed E-state index contributed by atoms with van der Waals surface area (Å²) in [6.45, 7) is 11.4. The number of aliphatic imine (C=N–C) groups is 1. The number of carbonyl (C=O) groups is 1. The third-order valence-electron chi connectivity index (χ3n) is 6.39. The molecule has 168 valence electrons. The monoisotopic (exact) mass is 521 g/mol. The highest BCUT2D eigenvalue weighted by molar-refractivity contribution is 14.0. The van der Waals surface area contributed by atoms with Crippen LogP contribution in [0.2, 0.25) is 0 Å². The van der Waals surface area contributed by atoms with Crippen molar-refractivity contribution < 1.29 is 9.53 Å². The summed E-state index contributed by atoms with van der Waals surface area (Å²) in [6, 6.07) is 0. The molecule has 2 saturated heterocycles. The minimum Gasteiger partial charge on any atom is -0.384 e. The Balaban J connectivity index is 0.00000300. The summed E-state index contributed by atoms with van der Waals surface area (Å²) in [5.41, 5.74) is 0. The highest BCUT2D eigenvalue weighted by Gasteiger charge is 2.29. The Morgan fingerprint density at radius 3 is 2.45 bits per heavy atom. The van der Waals surface area contributed by atoms with E-state index in [1.54, 1.807) is 7.11 Å². The summed E-state index contributed by atoms with van der Waals surface area (Å²) >= 11 is 0. The highest BCUT2D eigenvalue weighted by Crippen LogP contribution is 2.26. The first kappa shape index (κ1) is 24.7. The van der Waals surface area contributed by atoms with Gasteiger partial charge in [-0.25, -0.2) is 0 Å². The number of piperazine rings is 1. The zero-order valence-electron chi connectivity index (χ0n) is 18.3. The van der Waals surface area contributed by atoms with Gasteiger partial charge in [-0.15, -0.1) is 24.0 Å². The summed E-state index contributed by atoms with van der Waals surface area (Å²) < 4.78 is 5.31. The predicted octanol–water partition coefficient (Wildman–Crippen LogP) is 1.87. The van der Waals surface area contributed by atoms with Crippen molar-refractivity contribution in [3.8, 4) is 0 Å². The summed E-state index contributed by atoms with van der Waals surface area (Å²) in [6.07, 6.45) is 5.83. The van der Waals surface area contributed by atoms with Crippen LogP contribution in [0.25, 0.3) is 0 Å². The van der Waals surface area contributed by atoms with Crippen LogP contribution >= 0.6 is 24.0 Å². The molecule has 29 heavy (non-hydrogen) atoms. The number of rotatable bonds is 7. The fraction of sp³-hybridized carbons (Fsp3) is 0.905. The van der Waals surface area contributed by atoms with Gasteiger partial charge >= 0.3 is 0 Å². The van der Waals surface area contributed by atoms with Crippen LogP contribution in [0.15, 0.2) is 4.99 Å². The smallest absolute Gasteiger partial charge is 0.225 e. The van der Waals surface area contributed by atoms with Crippen LogP contribution in [0, 0.1) is 11.8 Å². The Kier molecular flexibility index (Phi) is 11.0. The van der Waals surface area contributed by atoms with E-state index < -0.39 is 0 Å². The number of nitrogens with one attached hydrogen (secondary N) is 1. The molecule has 0 radical (unpaired) electrons. The fourth-order valence-electron chi connectivity index (χ4n) is 4.74. The van der Waals surface area contributed by atoms with Crippen molar-refractivity contribution in [2.45, 2.75) is 39.0 Å². The van der Waals surface area contributed by atoms with Crippen molar-refractivity contribution in [1.82, 2.24) is 20.0 Å². The maximum Gasteiger partial charge on any atom is 0.225 e. The number of ether oxygens (including phenoxy) is 1. The maximum atomic E-state index is 12.6. The van der Waals surface area contributed by atoms with Crippen LogP contribution in [0.1, 0.15) is 39.0 Å². The van der Waals surface area contributed by atoms with E-state index in [1.165, 1.54) is 19.3 Å². The van der Waals surface area contributed by atoms with Crippen LogP contribution in [0.3, 0.4) is 0 Å². The van der Waals surface area contributed by atoms with Crippen LogP contribution in [-0.2, 0) is 9.53 Å². The molecule has 3 rings (SSSR count). The number of hydrogen-bond acceptors (Lipinski definition) is 4. The molecule has 3 aliphatic rings. The number of amides is 1. The van der Waals surface area contributed by atoms with Gasteiger partial charge in [-0.2, -0.15) is 0 Å². The van der Waals surface area contributed by atoms with Gasteiger partial charge in [-0.1, -0.05) is 12.8 Å². The van der Waals surface area contributed by atoms with Crippen molar-refractivity contribution in [2.75, 3.05) is 72.6 Å². The van der Waals surface area contributed by atoms with Crippen LogP contribution in [0.5, 0.6) is 0 Å². The lowest BCUT2D eigenvalue weighted by Gasteiger charge is -2.35. The standard InChI is InChI=1S/C21H39N5O2.HI/c1-3-22-21(26-10-8-18(16-26)17-28-2)23-9-11-24-12-14-25(15-13-24)20(27)19-6-4-5-7-19;/h18-19H,3-17H2,1-2H3,(H,22,23);1H. The second kappa shape index (κ2) is 12.9. The first-order chi connectivity index (χ1) is 13.7. The predicted molar refractivity (Wildman–Crippen MR) is 128 cm³/mol. The first-order valence-electron chi connectivity index (χ1n) is 11.2. The van der Waals surface area contributed by atoms with Gasteiger partial charge in [0.1, 0.15) is 0 Å². The van der Waals surface area contributed by atoms with Gasteiger partial charge in [0, 0.05) is 71.3 Å². The average molecular weight is 521 g/mol. The second-order valence-electron chi connectivity index (χ2n) is 8.44. The molecule has 0 aromatic heterocycles. The molecule has 0 aromatic rings. The molecule has 0 aromatic carbocycles. The van der Waals surface area contributed by atoms with Gasteiger partial charge in [0.25, 0.3) is 0 Å². The normalized spacial score (nSPS) is 24.1. The third-order valence-corrected chi connectivity index (χ3v) is 6.39. The van der Waals surface area contributed by atoms with Crippen LogP contribution < -0.4 is 5.32 Å². The van der Waals surface area contributed by atoms with E-state index in [9.17, 15) is 4.79 Å². The van der Waals surface area contributed by atoms with E-state index in [4.69, 9.17) is 9.73 Å². The van der Waals surface area contributed by atoms with Crippen molar-refractivity contribution in [1.29, 1.82) is 0 Å². The lowest BCUT2D eigenvalue weighted by molar-refractivity contribution is -0.137. The number of hydrogen-bond donors (Lipinski definition) is 1. The average Bonchev–Trinajstić information content (AvgIpc) is 3.40. The molecular formula is C21H40IN5O2. The molecule has 1 aliphatic carbocycles. The van der Waals surface area contributed by atoms with Crippen molar-refractivity contribution in [3.63, 3.8) is 0 Å². The Hall–Kier alpha value is -0.610. The zero-order chi connectivity index (χ0) is 19.8. The fourth-order valence-corrected chi connectivity index (χ4v) is 4.74. The molecule has 2 heterocycles. The quantitative estimate of drug-likeness (QED) is 0.315. The van der Waals surface area contributed by atoms with Gasteiger partial charge < -0.3 is 19.9 Å². The van der Waals surface area contributed by atoms with Gasteiger partial charge in [0.2, 0.25) is 5.91 Å². The Morgan fingerprint density at radius 1 is 1.07 bits per heavy atom. The number of guanidine groups is 1. The highest BCUT2D eigenvalue weighted by atomic mass is 127. The summed E-state index contributed by atoms with van der Waals surface area (Å²) in [5, 5.41) is 3.44.